The van der Waals surface area contributed by atoms with Crippen LogP contribution < -0.4 is 15.4 Å². The lowest BCUT2D eigenvalue weighted by Crippen LogP contribution is -2.39. The van der Waals surface area contributed by atoms with Gasteiger partial charge in [-0.05, 0) is 44.5 Å². The van der Waals surface area contributed by atoms with Crippen LogP contribution in [0.25, 0.3) is 0 Å². The zero-order valence-corrected chi connectivity index (χ0v) is 15.0. The number of nitrogens with zero attached hydrogens (tertiary/aromatic N) is 2. The summed E-state index contributed by atoms with van der Waals surface area (Å²) < 4.78 is 5.67. The van der Waals surface area contributed by atoms with E-state index < -0.39 is 6.10 Å². The van der Waals surface area contributed by atoms with Gasteiger partial charge in [0.05, 0.1) is 24.4 Å². The van der Waals surface area contributed by atoms with Gasteiger partial charge in [-0.3, -0.25) is 5.10 Å². The molecule has 25 heavy (non-hydrogen) atoms. The number of aromatic amines is 1. The Kier molecular flexibility index (Phi) is 7.28. The number of ether oxygens (including phenoxy) is 1. The van der Waals surface area contributed by atoms with E-state index in [1.807, 2.05) is 51.1 Å². The lowest BCUT2D eigenvalue weighted by atomic mass is 10.1. The molecule has 0 spiro atoms. The van der Waals surface area contributed by atoms with Crippen molar-refractivity contribution in [2.45, 2.75) is 39.5 Å². The molecule has 2 rings (SSSR count). The summed E-state index contributed by atoms with van der Waals surface area (Å²) in [6.07, 6.45) is 1.13. The maximum Gasteiger partial charge on any atom is 0.191 e. The number of aliphatic imine (C=N–C) groups is 1. The average molecular weight is 345 g/mol. The number of hydrogen-bond donors (Lipinski definition) is 4. The Labute approximate surface area is 148 Å². The van der Waals surface area contributed by atoms with Crippen molar-refractivity contribution in [1.29, 1.82) is 0 Å². The fraction of sp³-hybridized carbons (Fsp3) is 0.444. The summed E-state index contributed by atoms with van der Waals surface area (Å²) in [5, 5.41) is 23.5. The Morgan fingerprint density at radius 2 is 2.16 bits per heavy atom. The molecule has 1 aromatic heterocycles. The summed E-state index contributed by atoms with van der Waals surface area (Å²) in [4.78, 5) is 4.47. The molecule has 0 fully saturated rings. The third kappa shape index (κ3) is 6.46. The molecular weight excluding hydrogens is 318 g/mol. The maximum absolute atomic E-state index is 10.4. The molecule has 1 unspecified atom stereocenters. The SMILES string of the molecule is CCNC(=NCc1ccn[nH]1)NCC(O)c1cccc(OC(C)C)c1. The van der Waals surface area contributed by atoms with Crippen LogP contribution in [0.3, 0.4) is 0 Å². The van der Waals surface area contributed by atoms with Gasteiger partial charge in [0, 0.05) is 19.3 Å². The van der Waals surface area contributed by atoms with Crippen LogP contribution in [0, 0.1) is 0 Å². The zero-order valence-electron chi connectivity index (χ0n) is 15.0. The zero-order chi connectivity index (χ0) is 18.1. The first-order valence-electron chi connectivity index (χ1n) is 8.53. The van der Waals surface area contributed by atoms with Crippen molar-refractivity contribution in [3.05, 3.63) is 47.8 Å². The molecule has 0 aliphatic rings. The van der Waals surface area contributed by atoms with Crippen LogP contribution >= 0.6 is 0 Å². The number of aliphatic hydroxyl groups is 1. The first-order chi connectivity index (χ1) is 12.1. The molecule has 1 heterocycles. The number of nitrogens with one attached hydrogen (secondary N) is 3. The smallest absolute Gasteiger partial charge is 0.191 e. The van der Waals surface area contributed by atoms with Gasteiger partial charge in [0.15, 0.2) is 5.96 Å². The highest BCUT2D eigenvalue weighted by Crippen LogP contribution is 2.19. The largest absolute Gasteiger partial charge is 0.491 e. The molecule has 7 nitrogen and oxygen atoms in total. The molecule has 0 aliphatic heterocycles. The fourth-order valence-electron chi connectivity index (χ4n) is 2.26. The topological polar surface area (TPSA) is 94.6 Å². The fourth-order valence-corrected chi connectivity index (χ4v) is 2.26. The minimum atomic E-state index is -0.660. The Morgan fingerprint density at radius 1 is 1.32 bits per heavy atom. The van der Waals surface area contributed by atoms with Crippen LogP contribution in [-0.4, -0.2) is 40.5 Å². The molecule has 0 aliphatic carbocycles. The van der Waals surface area contributed by atoms with Crippen LogP contribution in [0.15, 0.2) is 41.5 Å². The van der Waals surface area contributed by atoms with Crippen molar-refractivity contribution in [3.63, 3.8) is 0 Å². The molecule has 7 heteroatoms. The van der Waals surface area contributed by atoms with E-state index in [0.717, 1.165) is 23.6 Å². The molecule has 0 amide bonds. The number of aliphatic hydroxyl groups excluding tert-OH is 1. The second-order valence-corrected chi connectivity index (χ2v) is 5.91. The van der Waals surface area contributed by atoms with Gasteiger partial charge in [-0.2, -0.15) is 5.10 Å². The lowest BCUT2D eigenvalue weighted by molar-refractivity contribution is 0.179. The maximum atomic E-state index is 10.4. The minimum absolute atomic E-state index is 0.0977. The highest BCUT2D eigenvalue weighted by Gasteiger charge is 2.10. The van der Waals surface area contributed by atoms with Gasteiger partial charge in [-0.25, -0.2) is 4.99 Å². The van der Waals surface area contributed by atoms with Crippen molar-refractivity contribution in [2.24, 2.45) is 4.99 Å². The summed E-state index contributed by atoms with van der Waals surface area (Å²) in [5.41, 5.74) is 1.73. The van der Waals surface area contributed by atoms with Gasteiger partial charge in [-0.15, -0.1) is 0 Å². The van der Waals surface area contributed by atoms with Crippen LogP contribution in [0.5, 0.6) is 5.75 Å². The van der Waals surface area contributed by atoms with Crippen molar-refractivity contribution in [3.8, 4) is 5.75 Å². The Balaban J connectivity index is 1.93. The van der Waals surface area contributed by atoms with Crippen LogP contribution in [-0.2, 0) is 6.54 Å². The number of guanidine groups is 1. The third-order valence-electron chi connectivity index (χ3n) is 3.39. The highest BCUT2D eigenvalue weighted by molar-refractivity contribution is 5.79. The van der Waals surface area contributed by atoms with Gasteiger partial charge in [-0.1, -0.05) is 12.1 Å². The second kappa shape index (κ2) is 9.68. The summed E-state index contributed by atoms with van der Waals surface area (Å²) >= 11 is 0. The Morgan fingerprint density at radius 3 is 2.84 bits per heavy atom. The Bertz CT molecular complexity index is 655. The minimum Gasteiger partial charge on any atom is -0.491 e. The van der Waals surface area contributed by atoms with E-state index in [9.17, 15) is 5.11 Å². The number of aromatic nitrogens is 2. The number of H-pyrrole nitrogens is 1. The predicted molar refractivity (Wildman–Crippen MR) is 98.6 cm³/mol. The van der Waals surface area contributed by atoms with Crippen LogP contribution in [0.2, 0.25) is 0 Å². The van der Waals surface area contributed by atoms with E-state index in [4.69, 9.17) is 4.74 Å². The molecule has 1 atom stereocenters. The first-order valence-corrected chi connectivity index (χ1v) is 8.53. The predicted octanol–water partition coefficient (Wildman–Crippen LogP) is 1.99. The quantitative estimate of drug-likeness (QED) is 0.434. The molecular formula is C18H27N5O2. The number of benzene rings is 1. The summed E-state index contributed by atoms with van der Waals surface area (Å²) in [5.74, 6) is 1.40. The van der Waals surface area contributed by atoms with E-state index in [2.05, 4.69) is 25.8 Å². The first kappa shape index (κ1) is 18.8. The van der Waals surface area contributed by atoms with Gasteiger partial charge >= 0.3 is 0 Å². The van der Waals surface area contributed by atoms with E-state index in [1.54, 1.807) is 6.20 Å². The summed E-state index contributed by atoms with van der Waals surface area (Å²) in [7, 11) is 0. The van der Waals surface area contributed by atoms with Crippen molar-refractivity contribution < 1.29 is 9.84 Å². The van der Waals surface area contributed by atoms with Crippen molar-refractivity contribution in [2.75, 3.05) is 13.1 Å². The third-order valence-corrected chi connectivity index (χ3v) is 3.39. The van der Waals surface area contributed by atoms with E-state index in [0.29, 0.717) is 19.0 Å². The molecule has 0 saturated carbocycles. The monoisotopic (exact) mass is 345 g/mol. The van der Waals surface area contributed by atoms with Gasteiger partial charge in [0.2, 0.25) is 0 Å². The van der Waals surface area contributed by atoms with Gasteiger partial charge < -0.3 is 20.5 Å². The Hall–Kier alpha value is -2.54. The molecule has 4 N–H and O–H groups in total. The lowest BCUT2D eigenvalue weighted by Gasteiger charge is -2.17. The normalized spacial score (nSPS) is 12.9. The number of hydrogen-bond acceptors (Lipinski definition) is 4. The summed E-state index contributed by atoms with van der Waals surface area (Å²) in [6.45, 7) is 7.52. The van der Waals surface area contributed by atoms with E-state index in [-0.39, 0.29) is 6.10 Å². The molecule has 136 valence electrons. The van der Waals surface area contributed by atoms with Crippen molar-refractivity contribution >= 4 is 5.96 Å². The van der Waals surface area contributed by atoms with Gasteiger partial charge in [0.1, 0.15) is 5.75 Å². The van der Waals surface area contributed by atoms with Crippen LogP contribution in [0.4, 0.5) is 0 Å². The van der Waals surface area contributed by atoms with E-state index >= 15 is 0 Å². The second-order valence-electron chi connectivity index (χ2n) is 5.91. The number of rotatable bonds is 8. The van der Waals surface area contributed by atoms with Crippen LogP contribution in [0.1, 0.15) is 38.1 Å². The van der Waals surface area contributed by atoms with Gasteiger partial charge in [0.25, 0.3) is 0 Å². The van der Waals surface area contributed by atoms with E-state index in [1.165, 1.54) is 0 Å². The molecule has 2 aromatic rings. The standard InChI is InChI=1S/C18H27N5O2/c1-4-19-18(20-11-15-8-9-22-23-15)21-12-17(24)14-6-5-7-16(10-14)25-13(2)3/h5-10,13,17,24H,4,11-12H2,1-3H3,(H,22,23)(H2,19,20,21). The highest BCUT2D eigenvalue weighted by atomic mass is 16.5. The molecule has 0 saturated heterocycles. The summed E-state index contributed by atoms with van der Waals surface area (Å²) in [6, 6.07) is 9.39. The molecule has 0 radical (unpaired) electrons. The molecule has 1 aromatic carbocycles. The average Bonchev–Trinajstić information content (AvgIpc) is 3.10. The molecule has 0 bridgehead atoms. The van der Waals surface area contributed by atoms with Crippen molar-refractivity contribution in [1.82, 2.24) is 20.8 Å².